The molecule has 0 spiro atoms. The standard InChI is InChI=1S/C19H20F3NO3/c1-23(13-14-7-3-4-8-15(14)19(20,21)22)18(24)11-12-26-17-10-6-5-9-16(17)25-2/h3-10H,11-13H2,1-2H3. The van der Waals surface area contributed by atoms with Crippen LogP contribution in [0, 0.1) is 0 Å². The van der Waals surface area contributed by atoms with E-state index in [4.69, 9.17) is 9.47 Å². The Bertz CT molecular complexity index is 747. The molecular weight excluding hydrogens is 347 g/mol. The first-order chi connectivity index (χ1) is 12.3. The molecule has 0 heterocycles. The number of alkyl halides is 3. The Morgan fingerprint density at radius 2 is 1.65 bits per heavy atom. The van der Waals surface area contributed by atoms with Crippen LogP contribution in [0.4, 0.5) is 13.2 Å². The predicted molar refractivity (Wildman–Crippen MR) is 91.0 cm³/mol. The topological polar surface area (TPSA) is 38.8 Å². The maximum absolute atomic E-state index is 13.0. The third-order valence-electron chi connectivity index (χ3n) is 3.80. The number of amides is 1. The average molecular weight is 367 g/mol. The number of nitrogens with zero attached hydrogens (tertiary/aromatic N) is 1. The van der Waals surface area contributed by atoms with E-state index in [-0.39, 0.29) is 31.0 Å². The normalized spacial score (nSPS) is 11.1. The summed E-state index contributed by atoms with van der Waals surface area (Å²) in [5.41, 5.74) is -0.675. The molecule has 0 fully saturated rings. The largest absolute Gasteiger partial charge is 0.493 e. The number of halogens is 3. The highest BCUT2D eigenvalue weighted by atomic mass is 19.4. The lowest BCUT2D eigenvalue weighted by Crippen LogP contribution is -2.28. The summed E-state index contributed by atoms with van der Waals surface area (Å²) in [4.78, 5) is 13.4. The number of hydrogen-bond donors (Lipinski definition) is 0. The van der Waals surface area contributed by atoms with E-state index < -0.39 is 11.7 Å². The van der Waals surface area contributed by atoms with Crippen LogP contribution in [0.25, 0.3) is 0 Å². The molecule has 2 rings (SSSR count). The summed E-state index contributed by atoms with van der Waals surface area (Å²) in [5, 5.41) is 0. The van der Waals surface area contributed by atoms with Crippen LogP contribution in [0.1, 0.15) is 17.5 Å². The number of hydrogen-bond acceptors (Lipinski definition) is 3. The van der Waals surface area contributed by atoms with Crippen LogP contribution >= 0.6 is 0 Å². The summed E-state index contributed by atoms with van der Waals surface area (Å²) in [6, 6.07) is 12.3. The molecule has 2 aromatic carbocycles. The molecule has 0 radical (unpaired) electrons. The fourth-order valence-corrected chi connectivity index (χ4v) is 2.46. The second-order valence-corrected chi connectivity index (χ2v) is 5.65. The summed E-state index contributed by atoms with van der Waals surface area (Å²) in [5.74, 6) is 0.747. The lowest BCUT2D eigenvalue weighted by atomic mass is 10.1. The Morgan fingerprint density at radius 1 is 1.04 bits per heavy atom. The second-order valence-electron chi connectivity index (χ2n) is 5.65. The number of rotatable bonds is 7. The van der Waals surface area contributed by atoms with Crippen molar-refractivity contribution in [2.24, 2.45) is 0 Å². The molecular formula is C19H20F3NO3. The van der Waals surface area contributed by atoms with Crippen molar-refractivity contribution in [1.82, 2.24) is 4.90 Å². The highest BCUT2D eigenvalue weighted by Crippen LogP contribution is 2.32. The van der Waals surface area contributed by atoms with Crippen LogP contribution < -0.4 is 9.47 Å². The lowest BCUT2D eigenvalue weighted by Gasteiger charge is -2.20. The van der Waals surface area contributed by atoms with E-state index in [1.165, 1.54) is 37.3 Å². The van der Waals surface area contributed by atoms with Gasteiger partial charge < -0.3 is 14.4 Å². The summed E-state index contributed by atoms with van der Waals surface area (Å²) in [6.45, 7) is -0.0202. The van der Waals surface area contributed by atoms with Crippen molar-refractivity contribution in [3.63, 3.8) is 0 Å². The Hall–Kier alpha value is -2.70. The first kappa shape index (κ1) is 19.6. The van der Waals surface area contributed by atoms with Gasteiger partial charge in [-0.1, -0.05) is 30.3 Å². The molecule has 0 saturated heterocycles. The average Bonchev–Trinajstić information content (AvgIpc) is 2.61. The summed E-state index contributed by atoms with van der Waals surface area (Å²) >= 11 is 0. The number of ether oxygens (including phenoxy) is 2. The zero-order chi connectivity index (χ0) is 19.2. The summed E-state index contributed by atoms with van der Waals surface area (Å²) in [6.07, 6.45) is -4.41. The van der Waals surface area contributed by atoms with Crippen LogP contribution in [0.2, 0.25) is 0 Å². The molecule has 0 aromatic heterocycles. The molecule has 0 aliphatic rings. The smallest absolute Gasteiger partial charge is 0.416 e. The molecule has 2 aromatic rings. The maximum atomic E-state index is 13.0. The first-order valence-corrected chi connectivity index (χ1v) is 7.98. The van der Waals surface area contributed by atoms with Gasteiger partial charge in [0.2, 0.25) is 5.91 Å². The van der Waals surface area contributed by atoms with E-state index in [2.05, 4.69) is 0 Å². The first-order valence-electron chi connectivity index (χ1n) is 7.98. The van der Waals surface area contributed by atoms with Gasteiger partial charge in [0.05, 0.1) is 25.7 Å². The van der Waals surface area contributed by atoms with E-state index in [0.29, 0.717) is 11.5 Å². The molecule has 0 N–H and O–H groups in total. The van der Waals surface area contributed by atoms with E-state index >= 15 is 0 Å². The van der Waals surface area contributed by atoms with E-state index in [9.17, 15) is 18.0 Å². The Morgan fingerprint density at radius 3 is 2.31 bits per heavy atom. The van der Waals surface area contributed by atoms with Gasteiger partial charge in [-0.25, -0.2) is 0 Å². The monoisotopic (exact) mass is 367 g/mol. The van der Waals surface area contributed by atoms with Crippen molar-refractivity contribution in [2.45, 2.75) is 19.1 Å². The van der Waals surface area contributed by atoms with Gasteiger partial charge in [-0.2, -0.15) is 13.2 Å². The predicted octanol–water partition coefficient (Wildman–Crippen LogP) is 4.14. The SMILES string of the molecule is COc1ccccc1OCCC(=O)N(C)Cc1ccccc1C(F)(F)F. The molecule has 0 saturated carbocycles. The highest BCUT2D eigenvalue weighted by Gasteiger charge is 2.33. The van der Waals surface area contributed by atoms with Crippen molar-refractivity contribution in [3.05, 3.63) is 59.7 Å². The van der Waals surface area contributed by atoms with Crippen molar-refractivity contribution < 1.29 is 27.4 Å². The van der Waals surface area contributed by atoms with Crippen molar-refractivity contribution in [3.8, 4) is 11.5 Å². The zero-order valence-electron chi connectivity index (χ0n) is 14.5. The van der Waals surface area contributed by atoms with E-state index in [0.717, 1.165) is 6.07 Å². The van der Waals surface area contributed by atoms with E-state index in [1.54, 1.807) is 24.3 Å². The minimum absolute atomic E-state index is 0.0444. The molecule has 26 heavy (non-hydrogen) atoms. The molecule has 0 atom stereocenters. The number of benzene rings is 2. The van der Waals surface area contributed by atoms with Gasteiger partial charge in [0, 0.05) is 13.6 Å². The highest BCUT2D eigenvalue weighted by molar-refractivity contribution is 5.76. The molecule has 140 valence electrons. The van der Waals surface area contributed by atoms with Gasteiger partial charge >= 0.3 is 6.18 Å². The van der Waals surface area contributed by atoms with Gasteiger partial charge in [0.15, 0.2) is 11.5 Å². The molecule has 0 bridgehead atoms. The fourth-order valence-electron chi connectivity index (χ4n) is 2.46. The van der Waals surface area contributed by atoms with Crippen molar-refractivity contribution in [1.29, 1.82) is 0 Å². The third-order valence-corrected chi connectivity index (χ3v) is 3.80. The number of carbonyl (C=O) groups is 1. The molecule has 4 nitrogen and oxygen atoms in total. The fraction of sp³-hybridized carbons (Fsp3) is 0.316. The van der Waals surface area contributed by atoms with Crippen LogP contribution in [0.3, 0.4) is 0 Å². The van der Waals surface area contributed by atoms with Crippen molar-refractivity contribution >= 4 is 5.91 Å². The summed E-state index contributed by atoms with van der Waals surface area (Å²) in [7, 11) is 2.98. The van der Waals surface area contributed by atoms with Crippen LogP contribution in [0.15, 0.2) is 48.5 Å². The van der Waals surface area contributed by atoms with Crippen LogP contribution in [-0.2, 0) is 17.5 Å². The third kappa shape index (κ3) is 5.15. The summed E-state index contributed by atoms with van der Waals surface area (Å²) < 4.78 is 49.8. The number of methoxy groups -OCH3 is 1. The van der Waals surface area contributed by atoms with Gasteiger partial charge in [-0.15, -0.1) is 0 Å². The minimum Gasteiger partial charge on any atom is -0.493 e. The van der Waals surface area contributed by atoms with Gasteiger partial charge in [-0.05, 0) is 23.8 Å². The Balaban J connectivity index is 1.92. The zero-order valence-corrected chi connectivity index (χ0v) is 14.5. The number of para-hydroxylation sites is 2. The van der Waals surface area contributed by atoms with Gasteiger partial charge in [0.1, 0.15) is 0 Å². The van der Waals surface area contributed by atoms with Gasteiger partial charge in [-0.3, -0.25) is 4.79 Å². The molecule has 0 aliphatic carbocycles. The van der Waals surface area contributed by atoms with E-state index in [1.807, 2.05) is 0 Å². The second kappa shape index (κ2) is 8.60. The maximum Gasteiger partial charge on any atom is 0.416 e. The van der Waals surface area contributed by atoms with Crippen molar-refractivity contribution in [2.75, 3.05) is 20.8 Å². The molecule has 1 amide bonds. The van der Waals surface area contributed by atoms with Gasteiger partial charge in [0.25, 0.3) is 0 Å². The Kier molecular flexibility index (Phi) is 6.49. The Labute approximate surface area is 150 Å². The minimum atomic E-state index is -4.45. The lowest BCUT2D eigenvalue weighted by molar-refractivity contribution is -0.139. The number of carbonyl (C=O) groups excluding carboxylic acids is 1. The quantitative estimate of drug-likeness (QED) is 0.738. The van der Waals surface area contributed by atoms with Crippen LogP contribution in [-0.4, -0.2) is 31.6 Å². The molecule has 7 heteroatoms. The van der Waals surface area contributed by atoms with Crippen LogP contribution in [0.5, 0.6) is 11.5 Å². The molecule has 0 unspecified atom stereocenters. The molecule has 0 aliphatic heterocycles.